The van der Waals surface area contributed by atoms with Crippen LogP contribution in [0.4, 0.5) is 13.2 Å². The molecule has 3 heterocycles. The minimum absolute atomic E-state index is 0.161. The second-order valence-corrected chi connectivity index (χ2v) is 10.1. The van der Waals surface area contributed by atoms with Crippen LogP contribution in [0.25, 0.3) is 22.0 Å². The Morgan fingerprint density at radius 1 is 1.29 bits per heavy atom. The number of alkyl halides is 3. The van der Waals surface area contributed by atoms with Gasteiger partial charge in [0.15, 0.2) is 0 Å². The summed E-state index contributed by atoms with van der Waals surface area (Å²) < 4.78 is 40.0. The second-order valence-electron chi connectivity index (χ2n) is 9.34. The summed E-state index contributed by atoms with van der Waals surface area (Å²) in [4.78, 5) is 20.9. The summed E-state index contributed by atoms with van der Waals surface area (Å²) in [5.41, 5.74) is 2.35. The van der Waals surface area contributed by atoms with Gasteiger partial charge in [-0.3, -0.25) is 9.78 Å². The van der Waals surface area contributed by atoms with Crippen LogP contribution in [0.3, 0.4) is 0 Å². The lowest BCUT2D eigenvalue weighted by molar-refractivity contribution is -0.141. The summed E-state index contributed by atoms with van der Waals surface area (Å²) >= 11 is 12.9. The fourth-order valence-electron chi connectivity index (χ4n) is 5.41. The maximum absolute atomic E-state index is 13.3. The van der Waals surface area contributed by atoms with E-state index >= 15 is 0 Å². The number of amides is 1. The first-order valence-electron chi connectivity index (χ1n) is 11.0. The molecule has 1 saturated heterocycles. The Kier molecular flexibility index (Phi) is 5.61. The van der Waals surface area contributed by atoms with Crippen molar-refractivity contribution in [3.63, 3.8) is 0 Å². The number of fused-ring (bicyclic) bond motifs is 3. The zero-order chi connectivity index (χ0) is 24.4. The number of hydrogen-bond acceptors (Lipinski definition) is 3. The molecular formula is C24H22Cl2F3N3O2. The summed E-state index contributed by atoms with van der Waals surface area (Å²) in [5.74, 6) is -0.284. The standard InChI is InChI=1S/C24H22Cl2F3N3O2/c1-12(33)22(34)32-7-5-23(11-32)4-2-17-15(10-23)19-14(9-16(25)20(26)21(19)31-17)13-3-6-30-18(8-13)24(27,28)29/h3,6,8-9,12,31,33H,2,4-5,7,10-11H2,1H3/t12-,23?/m0/s1. The van der Waals surface area contributed by atoms with Crippen LogP contribution in [0, 0.1) is 5.41 Å². The molecule has 2 aromatic heterocycles. The van der Waals surface area contributed by atoms with E-state index in [1.165, 1.54) is 13.0 Å². The number of aliphatic hydroxyl groups is 1. The molecule has 1 fully saturated rings. The highest BCUT2D eigenvalue weighted by atomic mass is 35.5. The molecule has 1 amide bonds. The third kappa shape index (κ3) is 3.85. The van der Waals surface area contributed by atoms with Gasteiger partial charge in [0.05, 0.1) is 15.6 Å². The third-order valence-corrected chi connectivity index (χ3v) is 7.87. The molecule has 2 aliphatic rings. The predicted molar refractivity (Wildman–Crippen MR) is 124 cm³/mol. The van der Waals surface area contributed by atoms with Gasteiger partial charge in [-0.2, -0.15) is 13.2 Å². The highest BCUT2D eigenvalue weighted by Gasteiger charge is 2.44. The Morgan fingerprint density at radius 3 is 2.76 bits per heavy atom. The van der Waals surface area contributed by atoms with Crippen LogP contribution in [-0.4, -0.2) is 45.1 Å². The Hall–Kier alpha value is -2.29. The SMILES string of the molecule is C[C@H](O)C(=O)N1CCC2(CCc3[nH]c4c(Cl)c(Cl)cc(-c5ccnc(C(F)(F)F)c5)c4c3C2)C1. The number of aliphatic hydroxyl groups excluding tert-OH is 1. The number of carbonyl (C=O) groups is 1. The molecule has 180 valence electrons. The smallest absolute Gasteiger partial charge is 0.384 e. The van der Waals surface area contributed by atoms with Crippen LogP contribution in [0.1, 0.15) is 36.7 Å². The normalized spacial score (nSPS) is 21.3. The van der Waals surface area contributed by atoms with Crippen LogP contribution < -0.4 is 0 Å². The maximum atomic E-state index is 13.3. The monoisotopic (exact) mass is 511 g/mol. The molecular weight excluding hydrogens is 490 g/mol. The minimum atomic E-state index is -4.57. The van der Waals surface area contributed by atoms with Crippen molar-refractivity contribution in [1.82, 2.24) is 14.9 Å². The number of nitrogens with one attached hydrogen (secondary N) is 1. The van der Waals surface area contributed by atoms with Crippen molar-refractivity contribution in [2.75, 3.05) is 13.1 Å². The molecule has 0 radical (unpaired) electrons. The molecule has 3 aromatic rings. The predicted octanol–water partition coefficient (Wildman–Crippen LogP) is 5.64. The molecule has 1 aliphatic heterocycles. The van der Waals surface area contributed by atoms with Crippen LogP contribution in [-0.2, 0) is 23.8 Å². The Morgan fingerprint density at radius 2 is 2.06 bits per heavy atom. The number of hydrogen-bond donors (Lipinski definition) is 2. The largest absolute Gasteiger partial charge is 0.433 e. The van der Waals surface area contributed by atoms with Crippen LogP contribution in [0.15, 0.2) is 24.4 Å². The van der Waals surface area contributed by atoms with Crippen molar-refractivity contribution in [3.05, 3.63) is 51.4 Å². The number of aromatic nitrogens is 2. The van der Waals surface area contributed by atoms with Crippen molar-refractivity contribution >= 4 is 40.0 Å². The lowest BCUT2D eigenvalue weighted by Gasteiger charge is -2.34. The van der Waals surface area contributed by atoms with Gasteiger partial charge < -0.3 is 15.0 Å². The Balaban J connectivity index is 1.63. The quantitative estimate of drug-likeness (QED) is 0.467. The molecule has 10 heteroatoms. The number of pyridine rings is 1. The first kappa shape index (κ1) is 23.5. The molecule has 1 unspecified atom stereocenters. The van der Waals surface area contributed by atoms with E-state index in [0.717, 1.165) is 48.2 Å². The first-order valence-corrected chi connectivity index (χ1v) is 11.8. The maximum Gasteiger partial charge on any atom is 0.433 e. The second kappa shape index (κ2) is 8.14. The van der Waals surface area contributed by atoms with Gasteiger partial charge in [-0.05, 0) is 72.9 Å². The summed E-state index contributed by atoms with van der Waals surface area (Å²) in [6, 6.07) is 4.16. The van der Waals surface area contributed by atoms with Gasteiger partial charge in [0, 0.05) is 30.4 Å². The van der Waals surface area contributed by atoms with E-state index in [9.17, 15) is 23.1 Å². The van der Waals surface area contributed by atoms with Crippen LogP contribution >= 0.6 is 23.2 Å². The summed E-state index contributed by atoms with van der Waals surface area (Å²) in [6.07, 6.45) is -1.47. The van der Waals surface area contributed by atoms with E-state index in [2.05, 4.69) is 9.97 Å². The van der Waals surface area contributed by atoms with Gasteiger partial charge in [0.25, 0.3) is 5.91 Å². The lowest BCUT2D eigenvalue weighted by Crippen LogP contribution is -2.39. The van der Waals surface area contributed by atoms with E-state index in [-0.39, 0.29) is 16.3 Å². The highest BCUT2D eigenvalue weighted by Crippen LogP contribution is 2.49. The molecule has 1 aromatic carbocycles. The number of nitrogens with zero attached hydrogens (tertiary/aromatic N) is 2. The summed E-state index contributed by atoms with van der Waals surface area (Å²) in [6.45, 7) is 2.57. The first-order chi connectivity index (χ1) is 16.0. The van der Waals surface area contributed by atoms with Crippen LogP contribution in [0.2, 0.25) is 10.0 Å². The van der Waals surface area contributed by atoms with Gasteiger partial charge in [-0.25, -0.2) is 0 Å². The van der Waals surface area contributed by atoms with Crippen molar-refractivity contribution < 1.29 is 23.1 Å². The van der Waals surface area contributed by atoms with E-state index in [1.807, 2.05) is 0 Å². The molecule has 1 aliphatic carbocycles. The number of carbonyl (C=O) groups excluding carboxylic acids is 1. The molecule has 1 spiro atoms. The van der Waals surface area contributed by atoms with Crippen molar-refractivity contribution in [3.8, 4) is 11.1 Å². The fraction of sp³-hybridized carbons (Fsp3) is 0.417. The Bertz CT molecular complexity index is 1300. The number of likely N-dealkylation sites (tertiary alicyclic amines) is 1. The molecule has 5 rings (SSSR count). The van der Waals surface area contributed by atoms with Gasteiger partial charge in [0.2, 0.25) is 0 Å². The zero-order valence-corrected chi connectivity index (χ0v) is 19.8. The van der Waals surface area contributed by atoms with E-state index in [0.29, 0.717) is 41.2 Å². The number of aromatic amines is 1. The summed E-state index contributed by atoms with van der Waals surface area (Å²) in [5, 5.41) is 11.0. The lowest BCUT2D eigenvalue weighted by atomic mass is 9.72. The summed E-state index contributed by atoms with van der Waals surface area (Å²) in [7, 11) is 0. The molecule has 2 atom stereocenters. The van der Waals surface area contributed by atoms with Gasteiger partial charge >= 0.3 is 6.18 Å². The van der Waals surface area contributed by atoms with Gasteiger partial charge in [0.1, 0.15) is 11.8 Å². The number of H-pyrrole nitrogens is 1. The van der Waals surface area contributed by atoms with Crippen molar-refractivity contribution in [2.24, 2.45) is 5.41 Å². The van der Waals surface area contributed by atoms with E-state index < -0.39 is 18.0 Å². The van der Waals surface area contributed by atoms with Gasteiger partial charge in [-0.15, -0.1) is 0 Å². The number of aryl methyl sites for hydroxylation is 1. The zero-order valence-electron chi connectivity index (χ0n) is 18.3. The highest BCUT2D eigenvalue weighted by molar-refractivity contribution is 6.45. The fourth-order valence-corrected chi connectivity index (χ4v) is 5.81. The van der Waals surface area contributed by atoms with E-state index in [4.69, 9.17) is 23.2 Å². The van der Waals surface area contributed by atoms with Crippen molar-refractivity contribution in [2.45, 2.75) is 44.9 Å². The molecule has 0 bridgehead atoms. The average Bonchev–Trinajstić information content (AvgIpc) is 3.37. The van der Waals surface area contributed by atoms with E-state index in [1.54, 1.807) is 11.0 Å². The van der Waals surface area contributed by atoms with Gasteiger partial charge in [-0.1, -0.05) is 23.2 Å². The molecule has 34 heavy (non-hydrogen) atoms. The number of halogens is 5. The van der Waals surface area contributed by atoms with Crippen molar-refractivity contribution in [1.29, 1.82) is 0 Å². The Labute approximate surface area is 203 Å². The van der Waals surface area contributed by atoms with Crippen LogP contribution in [0.5, 0.6) is 0 Å². The average molecular weight is 512 g/mol. The topological polar surface area (TPSA) is 69.2 Å². The third-order valence-electron chi connectivity index (χ3n) is 7.09. The molecule has 2 N–H and O–H groups in total. The number of benzene rings is 1. The minimum Gasteiger partial charge on any atom is -0.384 e. The molecule has 0 saturated carbocycles. The number of rotatable bonds is 2. The molecule has 5 nitrogen and oxygen atoms in total.